The van der Waals surface area contributed by atoms with Gasteiger partial charge in [-0.3, -0.25) is 19.4 Å². The number of hydrogen-bond acceptors (Lipinski definition) is 10. The first kappa shape index (κ1) is 33.3. The SMILES string of the molecule is CCCCCCCC(=O)SCCC=CC1CC(=O)NCc2nc(cs2)C2=N[C@@](C)(CS2)C(=O)N[C@@H](C(C)C)C(=O)O1. The molecule has 2 aliphatic heterocycles. The Morgan fingerprint density at radius 1 is 1.24 bits per heavy atom. The van der Waals surface area contributed by atoms with Gasteiger partial charge in [0.1, 0.15) is 33.4 Å². The van der Waals surface area contributed by atoms with Crippen LogP contribution in [0, 0.1) is 5.92 Å². The highest BCUT2D eigenvalue weighted by Gasteiger charge is 2.41. The molecule has 0 saturated heterocycles. The second-order valence-electron chi connectivity index (χ2n) is 10.9. The van der Waals surface area contributed by atoms with Gasteiger partial charge in [0.2, 0.25) is 11.8 Å². The fraction of sp³-hybridized carbons (Fsp3) is 0.655. The van der Waals surface area contributed by atoms with E-state index in [1.165, 1.54) is 54.1 Å². The van der Waals surface area contributed by atoms with Crippen molar-refractivity contribution in [1.82, 2.24) is 15.6 Å². The molecule has 1 aromatic rings. The summed E-state index contributed by atoms with van der Waals surface area (Å²) in [5, 5.41) is 9.17. The minimum atomic E-state index is -1.04. The molecule has 0 aliphatic carbocycles. The number of rotatable bonds is 11. The standard InChI is InChI=1S/C29H42N4O5S3/c1-5-6-7-8-9-13-24(35)39-14-11-10-12-20-15-22(34)30-16-23-31-21(17-40-23)26-33-29(4,18-41-26)28(37)32-25(19(2)3)27(36)38-20/h10,12,17,19-20,25H,5-9,11,13-16,18H2,1-4H3,(H,30,34)(H,32,37)/t20?,25-,29-/m0/s1. The Morgan fingerprint density at radius 3 is 2.78 bits per heavy atom. The number of thioether (sulfide) groups is 2. The van der Waals surface area contributed by atoms with E-state index in [1.807, 2.05) is 25.3 Å². The van der Waals surface area contributed by atoms with Gasteiger partial charge in [-0.15, -0.1) is 23.1 Å². The summed E-state index contributed by atoms with van der Waals surface area (Å²) in [7, 11) is 0. The number of allylic oxidation sites excluding steroid dienone is 1. The first-order valence-corrected chi connectivity index (χ1v) is 17.2. The van der Waals surface area contributed by atoms with Crippen LogP contribution in [0.1, 0.15) is 89.8 Å². The molecule has 0 fully saturated rings. The van der Waals surface area contributed by atoms with Crippen molar-refractivity contribution in [3.8, 4) is 0 Å². The topological polar surface area (TPSA) is 127 Å². The highest BCUT2D eigenvalue weighted by molar-refractivity contribution is 8.14. The van der Waals surface area contributed by atoms with Crippen LogP contribution in [0.3, 0.4) is 0 Å². The zero-order valence-electron chi connectivity index (χ0n) is 24.4. The lowest BCUT2D eigenvalue weighted by Crippen LogP contribution is -2.53. The predicted molar refractivity (Wildman–Crippen MR) is 167 cm³/mol. The van der Waals surface area contributed by atoms with Crippen LogP contribution in [0.25, 0.3) is 0 Å². The zero-order valence-corrected chi connectivity index (χ0v) is 26.9. The van der Waals surface area contributed by atoms with E-state index in [2.05, 4.69) is 27.5 Å². The second-order valence-corrected chi connectivity index (χ2v) is 13.9. The molecule has 41 heavy (non-hydrogen) atoms. The van der Waals surface area contributed by atoms with Gasteiger partial charge < -0.3 is 15.4 Å². The molecular formula is C29H42N4O5S3. The number of esters is 1. The van der Waals surface area contributed by atoms with Crippen LogP contribution in [-0.4, -0.2) is 62.1 Å². The number of unbranched alkanes of at least 4 members (excludes halogenated alkanes) is 4. The molecule has 0 saturated carbocycles. The molecule has 1 aromatic heterocycles. The number of fused-ring (bicyclic) bond motifs is 4. The van der Waals surface area contributed by atoms with Crippen molar-refractivity contribution in [2.24, 2.45) is 10.9 Å². The Kier molecular flexibility index (Phi) is 13.4. The van der Waals surface area contributed by atoms with Crippen molar-refractivity contribution in [2.45, 2.75) is 103 Å². The molecule has 9 nitrogen and oxygen atoms in total. The summed E-state index contributed by atoms with van der Waals surface area (Å²) in [5.41, 5.74) is -0.354. The van der Waals surface area contributed by atoms with E-state index >= 15 is 0 Å². The normalized spacial score (nSPS) is 23.8. The Morgan fingerprint density at radius 2 is 2.02 bits per heavy atom. The van der Waals surface area contributed by atoms with E-state index in [1.54, 1.807) is 13.0 Å². The van der Waals surface area contributed by atoms with Crippen molar-refractivity contribution in [2.75, 3.05) is 11.5 Å². The van der Waals surface area contributed by atoms with Gasteiger partial charge in [0.05, 0.1) is 13.0 Å². The molecule has 3 rings (SSSR count). The van der Waals surface area contributed by atoms with E-state index in [4.69, 9.17) is 4.74 Å². The van der Waals surface area contributed by atoms with Crippen LogP contribution in [0.15, 0.2) is 22.5 Å². The van der Waals surface area contributed by atoms with Crippen LogP contribution in [0.5, 0.6) is 0 Å². The third-order valence-electron chi connectivity index (χ3n) is 6.78. The summed E-state index contributed by atoms with van der Waals surface area (Å²) in [6.07, 6.45) is 9.42. The van der Waals surface area contributed by atoms with Crippen LogP contribution >= 0.6 is 34.9 Å². The van der Waals surface area contributed by atoms with Crippen molar-refractivity contribution >= 4 is 62.8 Å². The summed E-state index contributed by atoms with van der Waals surface area (Å²) in [4.78, 5) is 60.7. The van der Waals surface area contributed by atoms with Gasteiger partial charge in [-0.25, -0.2) is 9.78 Å². The maximum Gasteiger partial charge on any atom is 0.329 e. The fourth-order valence-electron chi connectivity index (χ4n) is 4.26. The number of nitrogens with one attached hydrogen (secondary N) is 2. The molecule has 0 aromatic carbocycles. The lowest BCUT2D eigenvalue weighted by molar-refractivity contribution is -0.153. The smallest absolute Gasteiger partial charge is 0.329 e. The van der Waals surface area contributed by atoms with E-state index in [9.17, 15) is 19.2 Å². The van der Waals surface area contributed by atoms with Crippen molar-refractivity contribution in [3.05, 3.63) is 28.2 Å². The Balaban J connectivity index is 1.66. The predicted octanol–water partition coefficient (Wildman–Crippen LogP) is 5.03. The minimum absolute atomic E-state index is 0.0661. The zero-order chi connectivity index (χ0) is 29.8. The average Bonchev–Trinajstić information content (AvgIpc) is 3.56. The number of nitrogens with zero attached hydrogens (tertiary/aromatic N) is 2. The lowest BCUT2D eigenvalue weighted by atomic mass is 10.0. The number of amides is 2. The molecule has 0 radical (unpaired) electrons. The highest BCUT2D eigenvalue weighted by atomic mass is 32.2. The number of hydrogen-bond donors (Lipinski definition) is 2. The largest absolute Gasteiger partial charge is 0.456 e. The number of thiazole rings is 1. The number of aromatic nitrogens is 1. The van der Waals surface area contributed by atoms with Crippen LogP contribution in [0.4, 0.5) is 0 Å². The van der Waals surface area contributed by atoms with Gasteiger partial charge in [0, 0.05) is 23.3 Å². The Bertz CT molecular complexity index is 1140. The van der Waals surface area contributed by atoms with E-state index in [0.717, 1.165) is 17.8 Å². The van der Waals surface area contributed by atoms with Gasteiger partial charge in [-0.05, 0) is 31.8 Å². The number of carbonyl (C=O) groups is 4. The summed E-state index contributed by atoms with van der Waals surface area (Å²) < 4.78 is 5.77. The van der Waals surface area contributed by atoms with Crippen LogP contribution in [-0.2, 0) is 30.5 Å². The fourth-order valence-corrected chi connectivity index (χ4v) is 6.96. The summed E-state index contributed by atoms with van der Waals surface area (Å²) in [5.74, 6) is -0.424. The minimum Gasteiger partial charge on any atom is -0.456 e. The molecule has 0 spiro atoms. The van der Waals surface area contributed by atoms with Crippen LogP contribution < -0.4 is 10.6 Å². The molecule has 2 N–H and O–H groups in total. The molecule has 226 valence electrons. The maximum atomic E-state index is 13.3. The Labute approximate surface area is 255 Å². The summed E-state index contributed by atoms with van der Waals surface area (Å²) in [6, 6.07) is -0.896. The van der Waals surface area contributed by atoms with Crippen molar-refractivity contribution in [3.63, 3.8) is 0 Å². The van der Waals surface area contributed by atoms with Crippen LogP contribution in [0.2, 0.25) is 0 Å². The molecular weight excluding hydrogens is 581 g/mol. The van der Waals surface area contributed by atoms with E-state index in [0.29, 0.717) is 35.1 Å². The van der Waals surface area contributed by atoms with Crippen molar-refractivity contribution in [1.29, 1.82) is 0 Å². The molecule has 3 heterocycles. The first-order chi connectivity index (χ1) is 19.6. The quantitative estimate of drug-likeness (QED) is 0.200. The summed E-state index contributed by atoms with van der Waals surface area (Å²) in [6.45, 7) is 7.83. The van der Waals surface area contributed by atoms with Gasteiger partial charge in [0.25, 0.3) is 0 Å². The maximum absolute atomic E-state index is 13.3. The average molecular weight is 623 g/mol. The molecule has 12 heteroatoms. The van der Waals surface area contributed by atoms with Gasteiger partial charge in [-0.2, -0.15) is 0 Å². The second kappa shape index (κ2) is 16.5. The molecule has 2 aliphatic rings. The Hall–Kier alpha value is -2.18. The third-order valence-corrected chi connectivity index (χ3v) is 9.87. The summed E-state index contributed by atoms with van der Waals surface area (Å²) >= 11 is 4.18. The highest BCUT2D eigenvalue weighted by Crippen LogP contribution is 2.32. The number of cyclic esters (lactones) is 1. The van der Waals surface area contributed by atoms with Gasteiger partial charge in [-0.1, -0.05) is 64.3 Å². The number of aliphatic imine (C=N–C) groups is 1. The molecule has 2 amide bonds. The third kappa shape index (κ3) is 10.6. The molecule has 4 bridgehead atoms. The number of ether oxygens (including phenoxy) is 1. The lowest BCUT2D eigenvalue weighted by Gasteiger charge is -2.27. The van der Waals surface area contributed by atoms with Crippen molar-refractivity contribution < 1.29 is 23.9 Å². The molecule has 1 unspecified atom stereocenters. The van der Waals surface area contributed by atoms with E-state index < -0.39 is 23.7 Å². The number of carbonyl (C=O) groups excluding carboxylic acids is 4. The van der Waals surface area contributed by atoms with Gasteiger partial charge >= 0.3 is 5.97 Å². The molecule has 3 atom stereocenters. The van der Waals surface area contributed by atoms with E-state index in [-0.39, 0.29) is 35.8 Å². The van der Waals surface area contributed by atoms with Gasteiger partial charge in [0.15, 0.2) is 5.12 Å². The monoisotopic (exact) mass is 622 g/mol. The first-order valence-electron chi connectivity index (χ1n) is 14.4.